The monoisotopic (exact) mass is 147 g/mol. The molecule has 0 spiro atoms. The van der Waals surface area contributed by atoms with Crippen molar-refractivity contribution in [2.75, 3.05) is 33.0 Å². The van der Waals surface area contributed by atoms with Crippen LogP contribution in [0.1, 0.15) is 0 Å². The lowest BCUT2D eigenvalue weighted by atomic mass is 10.2. The van der Waals surface area contributed by atoms with Gasteiger partial charge in [-0.2, -0.15) is 0 Å². The highest BCUT2D eigenvalue weighted by Crippen LogP contribution is 2.09. The molecule has 0 aromatic carbocycles. The van der Waals surface area contributed by atoms with Gasteiger partial charge < -0.3 is 14.9 Å². The lowest BCUT2D eigenvalue weighted by molar-refractivity contribution is -0.0891. The van der Waals surface area contributed by atoms with E-state index in [-0.39, 0.29) is 19.4 Å². The molecule has 0 bridgehead atoms. The van der Waals surface area contributed by atoms with Crippen LogP contribution in [0.15, 0.2) is 0 Å². The van der Waals surface area contributed by atoms with Gasteiger partial charge in [-0.1, -0.05) is 0 Å². The molecule has 0 atom stereocenters. The van der Waals surface area contributed by atoms with E-state index in [1.165, 1.54) is 0 Å². The van der Waals surface area contributed by atoms with Gasteiger partial charge in [0.05, 0.1) is 26.0 Å². The van der Waals surface area contributed by atoms with Crippen molar-refractivity contribution in [1.82, 2.24) is 4.90 Å². The molecule has 4 nitrogen and oxygen atoms in total. The summed E-state index contributed by atoms with van der Waals surface area (Å²) in [5.74, 6) is 0. The highest BCUT2D eigenvalue weighted by molar-refractivity contribution is 4.77. The minimum atomic E-state index is 0.0790. The topological polar surface area (TPSA) is 52.9 Å². The average molecular weight is 147 g/mol. The fourth-order valence-corrected chi connectivity index (χ4v) is 0.963. The molecule has 1 aliphatic rings. The van der Waals surface area contributed by atoms with Crippen LogP contribution in [0, 0.1) is 0 Å². The molecular weight excluding hydrogens is 134 g/mol. The van der Waals surface area contributed by atoms with Gasteiger partial charge in [0.1, 0.15) is 0 Å². The molecule has 0 radical (unpaired) electrons. The third-order valence-electron chi connectivity index (χ3n) is 1.57. The van der Waals surface area contributed by atoms with Gasteiger partial charge in [-0.25, -0.2) is 0 Å². The molecule has 0 aromatic rings. The van der Waals surface area contributed by atoms with Crippen molar-refractivity contribution in [2.24, 2.45) is 0 Å². The summed E-state index contributed by atoms with van der Waals surface area (Å²) in [5.41, 5.74) is 0. The third kappa shape index (κ3) is 1.91. The number of ether oxygens (including phenoxy) is 1. The van der Waals surface area contributed by atoms with Crippen molar-refractivity contribution >= 4 is 0 Å². The zero-order chi connectivity index (χ0) is 7.40. The predicted molar refractivity (Wildman–Crippen MR) is 35.5 cm³/mol. The molecule has 0 aliphatic carbocycles. The number of likely N-dealkylation sites (tertiary alicyclic amines) is 1. The Morgan fingerprint density at radius 1 is 1.40 bits per heavy atom. The zero-order valence-electron chi connectivity index (χ0n) is 5.86. The summed E-state index contributed by atoms with van der Waals surface area (Å²) in [5, 5.41) is 16.9. The second-order valence-corrected chi connectivity index (χ2v) is 2.39. The van der Waals surface area contributed by atoms with Crippen LogP contribution in [0.4, 0.5) is 0 Å². The minimum Gasteiger partial charge on any atom is -0.394 e. The Labute approximate surface area is 60.0 Å². The summed E-state index contributed by atoms with van der Waals surface area (Å²) in [6.07, 6.45) is 0.222. The summed E-state index contributed by atoms with van der Waals surface area (Å²) >= 11 is 0. The number of aliphatic hydroxyl groups is 2. The minimum absolute atomic E-state index is 0.0790. The van der Waals surface area contributed by atoms with Crippen LogP contribution in [-0.4, -0.2) is 54.3 Å². The van der Waals surface area contributed by atoms with E-state index in [9.17, 15) is 0 Å². The van der Waals surface area contributed by atoms with Crippen LogP contribution in [0.25, 0.3) is 0 Å². The first-order valence-corrected chi connectivity index (χ1v) is 3.42. The van der Waals surface area contributed by atoms with Crippen molar-refractivity contribution in [3.05, 3.63) is 0 Å². The van der Waals surface area contributed by atoms with Crippen molar-refractivity contribution in [2.45, 2.75) is 6.10 Å². The molecular formula is C6H13NO3. The van der Waals surface area contributed by atoms with Crippen molar-refractivity contribution in [3.63, 3.8) is 0 Å². The first kappa shape index (κ1) is 7.94. The largest absolute Gasteiger partial charge is 0.394 e. The molecule has 2 N–H and O–H groups in total. The van der Waals surface area contributed by atoms with Crippen LogP contribution >= 0.6 is 0 Å². The smallest absolute Gasteiger partial charge is 0.0958 e. The molecule has 1 heterocycles. The number of rotatable bonds is 4. The molecule has 0 unspecified atom stereocenters. The Hall–Kier alpha value is -0.160. The van der Waals surface area contributed by atoms with Gasteiger partial charge in [0.15, 0.2) is 0 Å². The summed E-state index contributed by atoms with van der Waals surface area (Å²) < 4.78 is 5.16. The summed E-state index contributed by atoms with van der Waals surface area (Å²) in [7, 11) is 0. The number of hydrogen-bond acceptors (Lipinski definition) is 4. The Bertz CT molecular complexity index is 90.2. The Kier molecular flexibility index (Phi) is 3.08. The quantitative estimate of drug-likeness (QED) is 0.515. The van der Waals surface area contributed by atoms with E-state index in [4.69, 9.17) is 14.9 Å². The van der Waals surface area contributed by atoms with Crippen molar-refractivity contribution < 1.29 is 14.9 Å². The SMILES string of the molecule is OCCOC1CN(CO)C1. The van der Waals surface area contributed by atoms with E-state index in [1.54, 1.807) is 0 Å². The first-order chi connectivity index (χ1) is 4.86. The summed E-state index contributed by atoms with van der Waals surface area (Å²) in [6.45, 7) is 2.17. The molecule has 1 saturated heterocycles. The summed E-state index contributed by atoms with van der Waals surface area (Å²) in [6, 6.07) is 0. The van der Waals surface area contributed by atoms with Gasteiger partial charge in [0.2, 0.25) is 0 Å². The van der Waals surface area contributed by atoms with E-state index >= 15 is 0 Å². The van der Waals surface area contributed by atoms with E-state index in [0.29, 0.717) is 6.61 Å². The molecule has 0 aromatic heterocycles. The fourth-order valence-electron chi connectivity index (χ4n) is 0.963. The molecule has 4 heteroatoms. The van der Waals surface area contributed by atoms with E-state index in [1.807, 2.05) is 4.90 Å². The highest BCUT2D eigenvalue weighted by atomic mass is 16.5. The molecule has 60 valence electrons. The fraction of sp³-hybridized carbons (Fsp3) is 1.00. The van der Waals surface area contributed by atoms with Crippen molar-refractivity contribution in [1.29, 1.82) is 0 Å². The van der Waals surface area contributed by atoms with Crippen LogP contribution in [-0.2, 0) is 4.74 Å². The zero-order valence-corrected chi connectivity index (χ0v) is 5.86. The molecule has 10 heavy (non-hydrogen) atoms. The maximum absolute atomic E-state index is 8.55. The van der Waals surface area contributed by atoms with E-state index < -0.39 is 0 Å². The van der Waals surface area contributed by atoms with Gasteiger partial charge >= 0.3 is 0 Å². The number of aliphatic hydroxyl groups excluding tert-OH is 2. The highest BCUT2D eigenvalue weighted by Gasteiger charge is 2.25. The lowest BCUT2D eigenvalue weighted by Crippen LogP contribution is -2.52. The molecule has 0 saturated carbocycles. The third-order valence-corrected chi connectivity index (χ3v) is 1.57. The van der Waals surface area contributed by atoms with Gasteiger partial charge in [-0.05, 0) is 0 Å². The van der Waals surface area contributed by atoms with Crippen LogP contribution in [0.5, 0.6) is 0 Å². The maximum Gasteiger partial charge on any atom is 0.0958 e. The van der Waals surface area contributed by atoms with Gasteiger partial charge in [0.25, 0.3) is 0 Å². The molecule has 0 amide bonds. The molecule has 1 fully saturated rings. The predicted octanol–water partition coefficient (Wildman–Crippen LogP) is -1.37. The average Bonchev–Trinajstić information content (AvgIpc) is 1.86. The van der Waals surface area contributed by atoms with Gasteiger partial charge in [-0.15, -0.1) is 0 Å². The van der Waals surface area contributed by atoms with Gasteiger partial charge in [-0.3, -0.25) is 4.90 Å². The first-order valence-electron chi connectivity index (χ1n) is 3.42. The van der Waals surface area contributed by atoms with Crippen LogP contribution in [0.3, 0.4) is 0 Å². The number of nitrogens with zero attached hydrogens (tertiary/aromatic N) is 1. The normalized spacial score (nSPS) is 21.0. The van der Waals surface area contributed by atoms with E-state index in [2.05, 4.69) is 0 Å². The second-order valence-electron chi connectivity index (χ2n) is 2.39. The standard InChI is InChI=1S/C6H13NO3/c8-1-2-10-6-3-7(4-6)5-9/h6,8-9H,1-5H2. The van der Waals surface area contributed by atoms with Crippen LogP contribution < -0.4 is 0 Å². The van der Waals surface area contributed by atoms with Crippen molar-refractivity contribution in [3.8, 4) is 0 Å². The lowest BCUT2D eigenvalue weighted by Gasteiger charge is -2.37. The van der Waals surface area contributed by atoms with E-state index in [0.717, 1.165) is 13.1 Å². The second kappa shape index (κ2) is 3.88. The summed E-state index contributed by atoms with van der Waals surface area (Å²) in [4.78, 5) is 1.86. The van der Waals surface area contributed by atoms with Crippen LogP contribution in [0.2, 0.25) is 0 Å². The Morgan fingerprint density at radius 3 is 2.60 bits per heavy atom. The number of hydrogen-bond donors (Lipinski definition) is 2. The molecule has 1 rings (SSSR count). The van der Waals surface area contributed by atoms with Gasteiger partial charge in [0, 0.05) is 13.1 Å². The maximum atomic E-state index is 8.55. The molecule has 1 aliphatic heterocycles. The Morgan fingerprint density at radius 2 is 2.10 bits per heavy atom. The Balaban J connectivity index is 1.93.